The normalized spacial score (nSPS) is 33.8. The van der Waals surface area contributed by atoms with Crippen molar-refractivity contribution in [2.24, 2.45) is 0 Å². The van der Waals surface area contributed by atoms with Crippen LogP contribution in [0.2, 0.25) is 0 Å². The fraction of sp³-hybridized carbons (Fsp3) is 0.895. The molecule has 6 nitrogen and oxygen atoms in total. The predicted molar refractivity (Wildman–Crippen MR) is 93.9 cm³/mol. The van der Waals surface area contributed by atoms with Crippen LogP contribution in [0.3, 0.4) is 0 Å². The van der Waals surface area contributed by atoms with E-state index in [0.717, 1.165) is 25.9 Å². The van der Waals surface area contributed by atoms with E-state index >= 15 is 0 Å². The van der Waals surface area contributed by atoms with Gasteiger partial charge in [-0.05, 0) is 25.7 Å². The number of aliphatic hydroxyl groups excluding tert-OH is 1. The molecule has 25 heavy (non-hydrogen) atoms. The summed E-state index contributed by atoms with van der Waals surface area (Å²) in [5.74, 6) is -0.0971. The lowest BCUT2D eigenvalue weighted by atomic mass is 9.79. The minimum atomic E-state index is -0.568. The van der Waals surface area contributed by atoms with Gasteiger partial charge in [0.2, 0.25) is 5.91 Å². The summed E-state index contributed by atoms with van der Waals surface area (Å²) in [6, 6.07) is 0.290. The van der Waals surface area contributed by atoms with E-state index in [9.17, 15) is 14.7 Å². The largest absolute Gasteiger partial charge is 0.392 e. The summed E-state index contributed by atoms with van der Waals surface area (Å²) >= 11 is 0. The standard InChI is InChI=1S/C19H31N3O3/c1-2-3-9-21-17(24)16-10-15(23)11-22(16)19(18(21)25)12-20(13-19)14-7-5-4-6-8-14/h14-16,23H,2-13H2,1H3. The third kappa shape index (κ3) is 2.73. The molecule has 2 amide bonds. The molecule has 0 radical (unpaired) electrons. The van der Waals surface area contributed by atoms with Gasteiger partial charge >= 0.3 is 0 Å². The van der Waals surface area contributed by atoms with Crippen molar-refractivity contribution in [2.75, 3.05) is 26.2 Å². The van der Waals surface area contributed by atoms with Crippen molar-refractivity contribution in [2.45, 2.75) is 82.0 Å². The third-order valence-corrected chi connectivity index (χ3v) is 6.78. The number of β-amino-alcohol motifs (C(OH)–C–C–N with tert-alkyl or cyclic N) is 1. The van der Waals surface area contributed by atoms with E-state index in [0.29, 0.717) is 25.6 Å². The summed E-state index contributed by atoms with van der Waals surface area (Å²) in [4.78, 5) is 32.1. The average molecular weight is 349 g/mol. The molecule has 1 N–H and O–H groups in total. The van der Waals surface area contributed by atoms with Crippen LogP contribution in [0.1, 0.15) is 58.3 Å². The molecule has 3 heterocycles. The van der Waals surface area contributed by atoms with E-state index in [1.54, 1.807) is 0 Å². The van der Waals surface area contributed by atoms with E-state index in [1.165, 1.54) is 37.0 Å². The van der Waals surface area contributed by atoms with Gasteiger partial charge in [0.1, 0.15) is 5.54 Å². The summed E-state index contributed by atoms with van der Waals surface area (Å²) < 4.78 is 0. The number of likely N-dealkylation sites (tertiary alicyclic amines) is 1. The van der Waals surface area contributed by atoms with E-state index < -0.39 is 11.6 Å². The predicted octanol–water partition coefficient (Wildman–Crippen LogP) is 0.978. The number of carbonyl (C=O) groups excluding carboxylic acids is 2. The van der Waals surface area contributed by atoms with E-state index in [-0.39, 0.29) is 17.9 Å². The summed E-state index contributed by atoms with van der Waals surface area (Å²) in [6.45, 7) is 4.53. The molecule has 4 rings (SSSR count). The van der Waals surface area contributed by atoms with Crippen LogP contribution in [-0.2, 0) is 9.59 Å². The Hall–Kier alpha value is -0.980. The molecular weight excluding hydrogens is 318 g/mol. The highest BCUT2D eigenvalue weighted by Crippen LogP contribution is 2.42. The Labute approximate surface area is 150 Å². The van der Waals surface area contributed by atoms with Gasteiger partial charge in [-0.25, -0.2) is 0 Å². The maximum atomic E-state index is 13.3. The lowest BCUT2D eigenvalue weighted by Gasteiger charge is -2.60. The third-order valence-electron chi connectivity index (χ3n) is 6.78. The number of hydrogen-bond acceptors (Lipinski definition) is 5. The molecule has 1 aliphatic carbocycles. The summed E-state index contributed by atoms with van der Waals surface area (Å²) in [7, 11) is 0. The zero-order valence-corrected chi connectivity index (χ0v) is 15.3. The Bertz CT molecular complexity index is 540. The van der Waals surface area contributed by atoms with Gasteiger partial charge in [-0.2, -0.15) is 0 Å². The van der Waals surface area contributed by atoms with Crippen molar-refractivity contribution >= 4 is 11.8 Å². The average Bonchev–Trinajstić information content (AvgIpc) is 2.97. The highest BCUT2D eigenvalue weighted by atomic mass is 16.3. The summed E-state index contributed by atoms with van der Waals surface area (Å²) in [5, 5.41) is 10.2. The van der Waals surface area contributed by atoms with Gasteiger partial charge in [0.15, 0.2) is 0 Å². The van der Waals surface area contributed by atoms with Gasteiger partial charge in [-0.3, -0.25) is 24.3 Å². The Balaban J connectivity index is 1.54. The highest BCUT2D eigenvalue weighted by Gasteiger charge is 2.64. The number of nitrogens with zero attached hydrogens (tertiary/aromatic N) is 3. The van der Waals surface area contributed by atoms with E-state index in [1.807, 2.05) is 4.90 Å². The molecule has 4 fully saturated rings. The van der Waals surface area contributed by atoms with E-state index in [4.69, 9.17) is 0 Å². The van der Waals surface area contributed by atoms with Crippen molar-refractivity contribution in [1.29, 1.82) is 0 Å². The second-order valence-electron chi connectivity index (χ2n) is 8.43. The molecule has 1 spiro atoms. The van der Waals surface area contributed by atoms with Crippen LogP contribution in [0, 0.1) is 0 Å². The molecule has 2 atom stereocenters. The SMILES string of the molecule is CCCCN1C(=O)C2CC(O)CN2C2(CN(C3CCCCC3)C2)C1=O. The van der Waals surface area contributed by atoms with Gasteiger partial charge in [0.25, 0.3) is 5.91 Å². The lowest BCUT2D eigenvalue weighted by Crippen LogP contribution is -2.82. The molecule has 3 saturated heterocycles. The first-order valence-electron chi connectivity index (χ1n) is 10.1. The first-order valence-corrected chi connectivity index (χ1v) is 10.1. The monoisotopic (exact) mass is 349 g/mol. The number of hydrogen-bond donors (Lipinski definition) is 1. The van der Waals surface area contributed by atoms with Crippen LogP contribution in [0.15, 0.2) is 0 Å². The van der Waals surface area contributed by atoms with E-state index in [2.05, 4.69) is 11.8 Å². The van der Waals surface area contributed by atoms with Crippen molar-refractivity contribution in [1.82, 2.24) is 14.7 Å². The fourth-order valence-electron chi connectivity index (χ4n) is 5.35. The molecule has 0 aromatic carbocycles. The van der Waals surface area contributed by atoms with Gasteiger partial charge in [-0.15, -0.1) is 0 Å². The minimum absolute atomic E-state index is 0.0108. The first-order chi connectivity index (χ1) is 12.1. The van der Waals surface area contributed by atoms with Crippen molar-refractivity contribution in [3.63, 3.8) is 0 Å². The molecular formula is C19H31N3O3. The first kappa shape index (κ1) is 17.4. The zero-order chi connectivity index (χ0) is 17.6. The number of aliphatic hydroxyl groups is 1. The maximum Gasteiger partial charge on any atom is 0.252 e. The Morgan fingerprint density at radius 1 is 1.16 bits per heavy atom. The van der Waals surface area contributed by atoms with Gasteiger partial charge in [0, 0.05) is 32.2 Å². The van der Waals surface area contributed by atoms with Crippen molar-refractivity contribution in [3.8, 4) is 0 Å². The number of rotatable bonds is 4. The minimum Gasteiger partial charge on any atom is -0.392 e. The highest BCUT2D eigenvalue weighted by molar-refractivity contribution is 6.06. The molecule has 140 valence electrons. The lowest BCUT2D eigenvalue weighted by molar-refractivity contribution is -0.183. The van der Waals surface area contributed by atoms with Crippen LogP contribution < -0.4 is 0 Å². The summed E-state index contributed by atoms with van der Waals surface area (Å²) in [5.41, 5.74) is -0.568. The number of unbranched alkanes of at least 4 members (excludes halogenated alkanes) is 1. The molecule has 0 aromatic heterocycles. The molecule has 0 aromatic rings. The number of carbonyl (C=O) groups is 2. The Kier molecular flexibility index (Phi) is 4.63. The number of imide groups is 1. The number of amides is 2. The van der Waals surface area contributed by atoms with Gasteiger partial charge in [0.05, 0.1) is 12.1 Å². The van der Waals surface area contributed by atoms with Gasteiger partial charge in [-0.1, -0.05) is 32.6 Å². The second-order valence-corrected chi connectivity index (χ2v) is 8.43. The van der Waals surface area contributed by atoms with Crippen LogP contribution in [0.25, 0.3) is 0 Å². The van der Waals surface area contributed by atoms with Gasteiger partial charge < -0.3 is 5.11 Å². The fourth-order valence-corrected chi connectivity index (χ4v) is 5.35. The molecule has 1 saturated carbocycles. The molecule has 2 unspecified atom stereocenters. The molecule has 0 bridgehead atoms. The Morgan fingerprint density at radius 3 is 2.56 bits per heavy atom. The van der Waals surface area contributed by atoms with Crippen LogP contribution in [0.5, 0.6) is 0 Å². The topological polar surface area (TPSA) is 64.1 Å². The van der Waals surface area contributed by atoms with Crippen LogP contribution in [0.4, 0.5) is 0 Å². The van der Waals surface area contributed by atoms with Crippen LogP contribution >= 0.6 is 0 Å². The Morgan fingerprint density at radius 2 is 1.88 bits per heavy atom. The van der Waals surface area contributed by atoms with Crippen molar-refractivity contribution < 1.29 is 14.7 Å². The summed E-state index contributed by atoms with van der Waals surface area (Å²) in [6.07, 6.45) is 8.17. The molecule has 4 aliphatic rings. The van der Waals surface area contributed by atoms with Crippen molar-refractivity contribution in [3.05, 3.63) is 0 Å². The zero-order valence-electron chi connectivity index (χ0n) is 15.3. The smallest absolute Gasteiger partial charge is 0.252 e. The maximum absolute atomic E-state index is 13.3. The second kappa shape index (κ2) is 6.63. The number of piperazine rings is 1. The number of fused-ring (bicyclic) bond motifs is 2. The molecule has 6 heteroatoms. The molecule has 3 aliphatic heterocycles. The van der Waals surface area contributed by atoms with Crippen LogP contribution in [-0.4, -0.2) is 81.5 Å². The quantitative estimate of drug-likeness (QED) is 0.767.